The molecule has 0 saturated carbocycles. The van der Waals surface area contributed by atoms with Gasteiger partial charge < -0.3 is 14.5 Å². The molecule has 1 N–H and O–H groups in total. The second-order valence-electron chi connectivity index (χ2n) is 8.41. The van der Waals surface area contributed by atoms with Crippen LogP contribution in [0.2, 0.25) is 0 Å². The van der Waals surface area contributed by atoms with Gasteiger partial charge in [-0.2, -0.15) is 0 Å². The Labute approximate surface area is 188 Å². The van der Waals surface area contributed by atoms with Crippen molar-refractivity contribution in [3.05, 3.63) is 47.9 Å². The number of anilines is 2. The fraction of sp³-hybridized carbons (Fsp3) is 0.476. The highest BCUT2D eigenvalue weighted by atomic mass is 32.2. The Balaban J connectivity index is 1.33. The number of aromatic nitrogens is 3. The number of nitrogens with zero attached hydrogens (tertiary/aromatic N) is 4. The Morgan fingerprint density at radius 2 is 1.94 bits per heavy atom. The minimum Gasteiger partial charge on any atom is -0.444 e. The molecule has 166 valence electrons. The summed E-state index contributed by atoms with van der Waals surface area (Å²) in [6, 6.07) is 4.00. The van der Waals surface area contributed by atoms with E-state index in [-0.39, 0.29) is 11.2 Å². The van der Waals surface area contributed by atoms with Gasteiger partial charge in [0.05, 0.1) is 36.4 Å². The molecule has 4 rings (SSSR count). The summed E-state index contributed by atoms with van der Waals surface area (Å²) in [5.41, 5.74) is 1.04. The van der Waals surface area contributed by atoms with E-state index in [4.69, 9.17) is 9.15 Å². The van der Waals surface area contributed by atoms with Gasteiger partial charge in [0.25, 0.3) is 0 Å². The first kappa shape index (κ1) is 22.1. The van der Waals surface area contributed by atoms with Crippen LogP contribution in [0.25, 0.3) is 0 Å². The average Bonchev–Trinajstić information content (AvgIpc) is 3.40. The van der Waals surface area contributed by atoms with Crippen molar-refractivity contribution in [1.29, 1.82) is 0 Å². The molecule has 0 radical (unpaired) electrons. The maximum atomic E-state index is 12.7. The lowest BCUT2D eigenvalue weighted by Gasteiger charge is -2.26. The second-order valence-corrected chi connectivity index (χ2v) is 11.1. The Morgan fingerprint density at radius 3 is 2.61 bits per heavy atom. The Morgan fingerprint density at radius 1 is 1.13 bits per heavy atom. The number of morpholine rings is 1. The largest absolute Gasteiger partial charge is 0.444 e. The van der Waals surface area contributed by atoms with Crippen molar-refractivity contribution in [3.8, 4) is 0 Å². The lowest BCUT2D eigenvalue weighted by molar-refractivity contribution is 0.0341. The van der Waals surface area contributed by atoms with Gasteiger partial charge in [0, 0.05) is 31.2 Å². The molecule has 8 nitrogen and oxygen atoms in total. The molecule has 31 heavy (non-hydrogen) atoms. The Kier molecular flexibility index (Phi) is 6.80. The molecule has 1 atom stereocenters. The first-order chi connectivity index (χ1) is 14.9. The van der Waals surface area contributed by atoms with Crippen LogP contribution in [0.5, 0.6) is 0 Å². The van der Waals surface area contributed by atoms with Crippen LogP contribution in [0.4, 0.5) is 10.9 Å². The number of ether oxygens (including phenoxy) is 1. The maximum Gasteiger partial charge on any atom is 0.207 e. The van der Waals surface area contributed by atoms with Crippen molar-refractivity contribution in [1.82, 2.24) is 19.9 Å². The number of oxazole rings is 1. The number of rotatable bonds is 7. The summed E-state index contributed by atoms with van der Waals surface area (Å²) in [6.45, 7) is 10.5. The van der Waals surface area contributed by atoms with Crippen molar-refractivity contribution in [3.63, 3.8) is 0 Å². The fourth-order valence-corrected chi connectivity index (χ4v) is 5.06. The summed E-state index contributed by atoms with van der Waals surface area (Å²) in [6.07, 6.45) is 5.21. The summed E-state index contributed by atoms with van der Waals surface area (Å²) in [7, 11) is -1.27. The highest BCUT2D eigenvalue weighted by molar-refractivity contribution is 7.86. The maximum absolute atomic E-state index is 12.7. The number of hydrogen-bond acceptors (Lipinski definition) is 9. The lowest BCUT2D eigenvalue weighted by Crippen LogP contribution is -2.35. The molecule has 3 aromatic heterocycles. The summed E-state index contributed by atoms with van der Waals surface area (Å²) in [5.74, 6) is 2.20. The zero-order chi connectivity index (χ0) is 21.8. The molecule has 0 aromatic carbocycles. The predicted octanol–water partition coefficient (Wildman–Crippen LogP) is 3.71. The first-order valence-electron chi connectivity index (χ1n) is 10.2. The van der Waals surface area contributed by atoms with Crippen molar-refractivity contribution >= 4 is 33.1 Å². The molecule has 10 heteroatoms. The number of pyridine rings is 1. The molecule has 1 aliphatic rings. The van der Waals surface area contributed by atoms with Crippen LogP contribution in [-0.4, -0.2) is 50.4 Å². The van der Waals surface area contributed by atoms with E-state index in [0.29, 0.717) is 21.0 Å². The van der Waals surface area contributed by atoms with Crippen molar-refractivity contribution in [2.24, 2.45) is 0 Å². The molecule has 3 aromatic rings. The third kappa shape index (κ3) is 5.97. The monoisotopic (exact) mass is 461 g/mol. The van der Waals surface area contributed by atoms with E-state index < -0.39 is 10.8 Å². The van der Waals surface area contributed by atoms with E-state index in [1.807, 2.05) is 12.3 Å². The third-order valence-electron chi connectivity index (χ3n) is 4.83. The molecule has 0 aliphatic carbocycles. The van der Waals surface area contributed by atoms with Gasteiger partial charge in [-0.05, 0) is 11.6 Å². The molecule has 1 unspecified atom stereocenters. The highest BCUT2D eigenvalue weighted by Gasteiger charge is 2.21. The van der Waals surface area contributed by atoms with Crippen molar-refractivity contribution in [2.45, 2.75) is 42.7 Å². The molecule has 4 heterocycles. The van der Waals surface area contributed by atoms with Gasteiger partial charge in [0.1, 0.15) is 21.5 Å². The van der Waals surface area contributed by atoms with Crippen LogP contribution < -0.4 is 5.32 Å². The highest BCUT2D eigenvalue weighted by Crippen LogP contribution is 2.27. The molecule has 0 amide bonds. The van der Waals surface area contributed by atoms with Gasteiger partial charge in [-0.3, -0.25) is 9.11 Å². The van der Waals surface area contributed by atoms with Crippen molar-refractivity contribution < 1.29 is 13.4 Å². The molecule has 1 aliphatic heterocycles. The molecular weight excluding hydrogens is 434 g/mol. The van der Waals surface area contributed by atoms with Gasteiger partial charge in [0.2, 0.25) is 5.89 Å². The number of thiazole rings is 1. The number of nitrogens with one attached hydrogen (secondary N) is 1. The topological polar surface area (TPSA) is 93.4 Å². The minimum atomic E-state index is -1.27. The summed E-state index contributed by atoms with van der Waals surface area (Å²) in [5, 5.41) is 3.84. The minimum absolute atomic E-state index is 0.126. The summed E-state index contributed by atoms with van der Waals surface area (Å²) < 4.78 is 24.5. The van der Waals surface area contributed by atoms with E-state index in [2.05, 4.69) is 52.0 Å². The first-order valence-corrected chi connectivity index (χ1v) is 12.3. The van der Waals surface area contributed by atoms with Crippen LogP contribution in [0.3, 0.4) is 0 Å². The quantitative estimate of drug-likeness (QED) is 0.569. The standard InChI is InChI=1S/C21H27N5O3S2/c1-21(2,3)16-11-23-18(29-16)14-31(27)19-12-24-20(30-19)25-17-5-4-15(10-22-17)13-26-6-8-28-9-7-26/h4-5,10-12H,6-9,13-14H2,1-3H3,(H,22,24,25). The van der Waals surface area contributed by atoms with Crippen LogP contribution in [0, 0.1) is 0 Å². The van der Waals surface area contributed by atoms with Gasteiger partial charge in [0.15, 0.2) is 5.13 Å². The summed E-state index contributed by atoms with van der Waals surface area (Å²) >= 11 is 1.35. The van der Waals surface area contributed by atoms with E-state index in [1.165, 1.54) is 11.3 Å². The van der Waals surface area contributed by atoms with E-state index in [0.717, 1.165) is 44.2 Å². The smallest absolute Gasteiger partial charge is 0.207 e. The molecular formula is C21H27N5O3S2. The van der Waals surface area contributed by atoms with Gasteiger partial charge in [-0.15, -0.1) is 0 Å². The second kappa shape index (κ2) is 9.56. The van der Waals surface area contributed by atoms with Gasteiger partial charge in [-0.1, -0.05) is 38.2 Å². The fourth-order valence-electron chi connectivity index (χ4n) is 3.05. The summed E-state index contributed by atoms with van der Waals surface area (Å²) in [4.78, 5) is 15.4. The predicted molar refractivity (Wildman–Crippen MR) is 121 cm³/mol. The van der Waals surface area contributed by atoms with Gasteiger partial charge >= 0.3 is 0 Å². The van der Waals surface area contributed by atoms with Crippen LogP contribution >= 0.6 is 11.3 Å². The van der Waals surface area contributed by atoms with E-state index in [9.17, 15) is 4.21 Å². The third-order valence-corrected chi connectivity index (χ3v) is 7.40. The average molecular weight is 462 g/mol. The molecule has 1 saturated heterocycles. The normalized spacial score (nSPS) is 16.4. The molecule has 0 bridgehead atoms. The van der Waals surface area contributed by atoms with Crippen LogP contribution in [0.15, 0.2) is 39.3 Å². The van der Waals surface area contributed by atoms with Gasteiger partial charge in [-0.25, -0.2) is 15.0 Å². The van der Waals surface area contributed by atoms with E-state index >= 15 is 0 Å². The Hall–Kier alpha value is -2.14. The van der Waals surface area contributed by atoms with Crippen LogP contribution in [0.1, 0.15) is 38.0 Å². The SMILES string of the molecule is CC(C)(C)c1cnc(CS(=O)c2cnc(Nc3ccc(CN4CCOCC4)cn3)s2)o1. The van der Waals surface area contributed by atoms with Crippen molar-refractivity contribution in [2.75, 3.05) is 31.6 Å². The Bertz CT molecular complexity index is 1020. The van der Waals surface area contributed by atoms with E-state index in [1.54, 1.807) is 12.4 Å². The molecule has 1 fully saturated rings. The zero-order valence-electron chi connectivity index (χ0n) is 18.0. The lowest BCUT2D eigenvalue weighted by atomic mass is 9.94. The number of hydrogen-bond donors (Lipinski definition) is 1. The zero-order valence-corrected chi connectivity index (χ0v) is 19.6. The molecule has 0 spiro atoms. The van der Waals surface area contributed by atoms with Crippen LogP contribution in [-0.2, 0) is 33.2 Å².